The lowest BCUT2D eigenvalue weighted by Gasteiger charge is -2.26. The molecule has 1 saturated carbocycles. The van der Waals surface area contributed by atoms with E-state index in [9.17, 15) is 18.0 Å². The monoisotopic (exact) mass is 333 g/mol. The molecule has 0 radical (unpaired) electrons. The van der Waals surface area contributed by atoms with E-state index in [0.717, 1.165) is 18.9 Å². The normalized spacial score (nSPS) is 18.1. The van der Waals surface area contributed by atoms with Crippen molar-refractivity contribution in [1.29, 1.82) is 0 Å². The molecule has 0 unspecified atom stereocenters. The van der Waals surface area contributed by atoms with Crippen molar-refractivity contribution in [2.24, 2.45) is 4.99 Å². The molecule has 1 aromatic carbocycles. The first-order valence-corrected chi connectivity index (χ1v) is 6.65. The van der Waals surface area contributed by atoms with E-state index in [-0.39, 0.29) is 5.56 Å². The number of aliphatic imine (C=N–C) groups is 1. The predicted molar refractivity (Wildman–Crippen MR) is 67.4 cm³/mol. The fraction of sp³-hybridized carbons (Fsp3) is 0.462. The Bertz CT molecular complexity index is 529. The molecule has 1 fully saturated rings. The summed E-state index contributed by atoms with van der Waals surface area (Å²) in [7, 11) is 0. The van der Waals surface area contributed by atoms with Crippen LogP contribution in [0.15, 0.2) is 27.7 Å². The highest BCUT2D eigenvalue weighted by Gasteiger charge is 2.43. The smallest absolute Gasteiger partial charge is 0.211 e. The van der Waals surface area contributed by atoms with Gasteiger partial charge in [-0.15, -0.1) is 0 Å². The standard InChI is InChI=1S/C13H11BrF3NO/c14-9-3-4-10(11(7-9)13(15,16)17)12(18-8-19)5-1-2-6-12/h3-4,7H,1-2,5-6H2. The average molecular weight is 334 g/mol. The summed E-state index contributed by atoms with van der Waals surface area (Å²) in [6.07, 6.45) is -0.599. The summed E-state index contributed by atoms with van der Waals surface area (Å²) in [4.78, 5) is 14.3. The van der Waals surface area contributed by atoms with Crippen LogP contribution in [-0.2, 0) is 16.5 Å². The molecular formula is C13H11BrF3NO. The molecule has 19 heavy (non-hydrogen) atoms. The number of hydrogen-bond acceptors (Lipinski definition) is 2. The van der Waals surface area contributed by atoms with Crippen molar-refractivity contribution in [3.05, 3.63) is 33.8 Å². The van der Waals surface area contributed by atoms with Crippen molar-refractivity contribution in [1.82, 2.24) is 0 Å². The van der Waals surface area contributed by atoms with Crippen LogP contribution >= 0.6 is 15.9 Å². The maximum absolute atomic E-state index is 13.1. The van der Waals surface area contributed by atoms with E-state index in [4.69, 9.17) is 0 Å². The zero-order chi connectivity index (χ0) is 14.1. The van der Waals surface area contributed by atoms with Gasteiger partial charge in [0.15, 0.2) is 0 Å². The van der Waals surface area contributed by atoms with Gasteiger partial charge in [-0.3, -0.25) is 0 Å². The number of nitrogens with zero attached hydrogens (tertiary/aromatic N) is 1. The maximum atomic E-state index is 13.1. The Kier molecular flexibility index (Phi) is 3.83. The third-order valence-electron chi connectivity index (χ3n) is 3.48. The fourth-order valence-electron chi connectivity index (χ4n) is 2.65. The van der Waals surface area contributed by atoms with E-state index in [2.05, 4.69) is 20.9 Å². The van der Waals surface area contributed by atoms with Crippen LogP contribution in [0.5, 0.6) is 0 Å². The molecule has 0 N–H and O–H groups in total. The van der Waals surface area contributed by atoms with Gasteiger partial charge in [0.05, 0.1) is 11.1 Å². The minimum absolute atomic E-state index is 0.0732. The third kappa shape index (κ3) is 2.74. The highest BCUT2D eigenvalue weighted by Crippen LogP contribution is 2.47. The topological polar surface area (TPSA) is 29.4 Å². The van der Waals surface area contributed by atoms with Crippen LogP contribution in [0.4, 0.5) is 13.2 Å². The highest BCUT2D eigenvalue weighted by molar-refractivity contribution is 9.10. The van der Waals surface area contributed by atoms with Gasteiger partial charge >= 0.3 is 6.18 Å². The SMILES string of the molecule is O=C=NC1(c2ccc(Br)cc2C(F)(F)F)CCCC1. The average Bonchev–Trinajstić information content (AvgIpc) is 2.78. The molecule has 0 amide bonds. The summed E-state index contributed by atoms with van der Waals surface area (Å²) in [5.41, 5.74) is -1.72. The van der Waals surface area contributed by atoms with Gasteiger partial charge < -0.3 is 0 Å². The molecule has 2 nitrogen and oxygen atoms in total. The van der Waals surface area contributed by atoms with Crippen LogP contribution in [0, 0.1) is 0 Å². The van der Waals surface area contributed by atoms with Gasteiger partial charge in [-0.2, -0.15) is 18.2 Å². The van der Waals surface area contributed by atoms with Crippen molar-refractivity contribution in [2.75, 3.05) is 0 Å². The molecule has 0 aliphatic heterocycles. The Labute approximate surface area is 116 Å². The molecule has 0 bridgehead atoms. The van der Waals surface area contributed by atoms with E-state index >= 15 is 0 Å². The van der Waals surface area contributed by atoms with E-state index in [0.29, 0.717) is 17.3 Å². The molecule has 0 spiro atoms. The number of halogens is 4. The molecule has 1 aliphatic carbocycles. The zero-order valence-corrected chi connectivity index (χ0v) is 11.5. The summed E-state index contributed by atoms with van der Waals surface area (Å²) in [6, 6.07) is 3.99. The molecule has 1 aromatic rings. The second kappa shape index (κ2) is 5.10. The van der Waals surface area contributed by atoms with Crippen molar-refractivity contribution >= 4 is 22.0 Å². The molecule has 0 heterocycles. The predicted octanol–water partition coefficient (Wildman–Crippen LogP) is 4.57. The van der Waals surface area contributed by atoms with Crippen LogP contribution in [0.2, 0.25) is 0 Å². The largest absolute Gasteiger partial charge is 0.416 e. The molecule has 2 rings (SSSR count). The van der Waals surface area contributed by atoms with Crippen molar-refractivity contribution < 1.29 is 18.0 Å². The Hall–Kier alpha value is -1.13. The van der Waals surface area contributed by atoms with Gasteiger partial charge in [0.25, 0.3) is 0 Å². The molecule has 0 atom stereocenters. The third-order valence-corrected chi connectivity index (χ3v) is 3.97. The van der Waals surface area contributed by atoms with Crippen LogP contribution < -0.4 is 0 Å². The van der Waals surface area contributed by atoms with Gasteiger partial charge in [0, 0.05) is 4.47 Å². The number of carbonyl (C=O) groups excluding carboxylic acids is 1. The molecule has 1 aliphatic rings. The van der Waals surface area contributed by atoms with Gasteiger partial charge in [-0.05, 0) is 30.5 Å². The zero-order valence-electron chi connectivity index (χ0n) is 9.93. The Balaban J connectivity index is 2.64. The molecule has 0 aromatic heterocycles. The number of hydrogen-bond donors (Lipinski definition) is 0. The van der Waals surface area contributed by atoms with E-state index in [1.807, 2.05) is 0 Å². The van der Waals surface area contributed by atoms with Crippen LogP contribution in [-0.4, -0.2) is 6.08 Å². The number of benzene rings is 1. The minimum Gasteiger partial charge on any atom is -0.211 e. The van der Waals surface area contributed by atoms with Gasteiger partial charge in [0.2, 0.25) is 6.08 Å². The second-order valence-electron chi connectivity index (χ2n) is 4.63. The van der Waals surface area contributed by atoms with Gasteiger partial charge in [0.1, 0.15) is 0 Å². The van der Waals surface area contributed by atoms with Crippen molar-refractivity contribution in [2.45, 2.75) is 37.4 Å². The lowest BCUT2D eigenvalue weighted by Crippen LogP contribution is -2.24. The minimum atomic E-state index is -4.47. The van der Waals surface area contributed by atoms with Crippen molar-refractivity contribution in [3.63, 3.8) is 0 Å². The molecule has 0 saturated heterocycles. The van der Waals surface area contributed by atoms with Crippen LogP contribution in [0.3, 0.4) is 0 Å². The summed E-state index contributed by atoms with van der Waals surface area (Å²) in [5, 5.41) is 0. The first-order valence-electron chi connectivity index (χ1n) is 5.85. The molecule has 6 heteroatoms. The summed E-state index contributed by atoms with van der Waals surface area (Å²) in [6.45, 7) is 0. The number of isocyanates is 1. The van der Waals surface area contributed by atoms with Gasteiger partial charge in [-0.25, -0.2) is 4.79 Å². The van der Waals surface area contributed by atoms with Gasteiger partial charge in [-0.1, -0.05) is 34.8 Å². The van der Waals surface area contributed by atoms with Crippen molar-refractivity contribution in [3.8, 4) is 0 Å². The Morgan fingerprint density at radius 3 is 2.42 bits per heavy atom. The first kappa shape index (κ1) is 14.3. The summed E-state index contributed by atoms with van der Waals surface area (Å²) < 4.78 is 39.7. The van der Waals surface area contributed by atoms with Crippen LogP contribution in [0.25, 0.3) is 0 Å². The molecular weight excluding hydrogens is 323 g/mol. The lowest BCUT2D eigenvalue weighted by atomic mass is 9.85. The van der Waals surface area contributed by atoms with E-state index in [1.54, 1.807) is 6.07 Å². The highest BCUT2D eigenvalue weighted by atomic mass is 79.9. The first-order chi connectivity index (χ1) is 8.89. The van der Waals surface area contributed by atoms with E-state index < -0.39 is 17.3 Å². The Morgan fingerprint density at radius 1 is 1.26 bits per heavy atom. The van der Waals surface area contributed by atoms with E-state index in [1.165, 1.54) is 12.1 Å². The number of rotatable bonds is 2. The second-order valence-corrected chi connectivity index (χ2v) is 5.55. The van der Waals surface area contributed by atoms with Crippen LogP contribution in [0.1, 0.15) is 36.8 Å². The maximum Gasteiger partial charge on any atom is 0.416 e. The fourth-order valence-corrected chi connectivity index (χ4v) is 3.01. The lowest BCUT2D eigenvalue weighted by molar-refractivity contribution is -0.138. The number of alkyl halides is 3. The summed E-state index contributed by atoms with van der Waals surface area (Å²) in [5.74, 6) is 0. The summed E-state index contributed by atoms with van der Waals surface area (Å²) >= 11 is 3.05. The molecule has 102 valence electrons. The quantitative estimate of drug-likeness (QED) is 0.575. The Morgan fingerprint density at radius 2 is 1.89 bits per heavy atom.